The van der Waals surface area contributed by atoms with Gasteiger partial charge in [0.25, 0.3) is 0 Å². The summed E-state index contributed by atoms with van der Waals surface area (Å²) in [5, 5.41) is 1.14. The predicted molar refractivity (Wildman–Crippen MR) is 93.2 cm³/mol. The van der Waals surface area contributed by atoms with Crippen LogP contribution in [0, 0.1) is 0 Å². The Morgan fingerprint density at radius 2 is 1.96 bits per heavy atom. The van der Waals surface area contributed by atoms with Crippen molar-refractivity contribution < 1.29 is 14.3 Å². The van der Waals surface area contributed by atoms with E-state index in [4.69, 9.17) is 10.5 Å². The SMILES string of the molecule is COC(=O)c1ccc(COc2ccc3[nH]cc(CCN)c3c2)cc1. The van der Waals surface area contributed by atoms with E-state index in [-0.39, 0.29) is 5.97 Å². The predicted octanol–water partition coefficient (Wildman–Crippen LogP) is 3.03. The largest absolute Gasteiger partial charge is 0.489 e. The number of hydrogen-bond donors (Lipinski definition) is 2. The van der Waals surface area contributed by atoms with Crippen molar-refractivity contribution in [3.8, 4) is 5.75 Å². The lowest BCUT2D eigenvalue weighted by Gasteiger charge is -2.08. The third-order valence-electron chi connectivity index (χ3n) is 3.93. The molecule has 0 bridgehead atoms. The zero-order valence-corrected chi connectivity index (χ0v) is 13.5. The van der Waals surface area contributed by atoms with E-state index < -0.39 is 0 Å². The van der Waals surface area contributed by atoms with Crippen LogP contribution in [0.5, 0.6) is 5.75 Å². The fraction of sp³-hybridized carbons (Fsp3) is 0.211. The number of fused-ring (bicyclic) bond motifs is 1. The van der Waals surface area contributed by atoms with Crippen LogP contribution in [0.25, 0.3) is 10.9 Å². The van der Waals surface area contributed by atoms with E-state index in [1.165, 1.54) is 12.7 Å². The Hall–Kier alpha value is -2.79. The van der Waals surface area contributed by atoms with Gasteiger partial charge in [0.2, 0.25) is 0 Å². The van der Waals surface area contributed by atoms with Gasteiger partial charge in [-0.2, -0.15) is 0 Å². The summed E-state index contributed by atoms with van der Waals surface area (Å²) in [7, 11) is 1.37. The van der Waals surface area contributed by atoms with Gasteiger partial charge in [0.15, 0.2) is 0 Å². The van der Waals surface area contributed by atoms with Gasteiger partial charge in [0.05, 0.1) is 12.7 Å². The second-order valence-corrected chi connectivity index (χ2v) is 5.54. The van der Waals surface area contributed by atoms with Crippen LogP contribution in [-0.2, 0) is 17.8 Å². The topological polar surface area (TPSA) is 77.3 Å². The standard InChI is InChI=1S/C19H20N2O3/c1-23-19(22)14-4-2-13(3-5-14)12-24-16-6-7-18-17(10-16)15(8-9-20)11-21-18/h2-7,10-11,21H,8-9,12,20H2,1H3. The maximum Gasteiger partial charge on any atom is 0.337 e. The Morgan fingerprint density at radius 1 is 1.17 bits per heavy atom. The van der Waals surface area contributed by atoms with Crippen molar-refractivity contribution >= 4 is 16.9 Å². The molecule has 3 aromatic rings. The van der Waals surface area contributed by atoms with Crippen molar-refractivity contribution in [2.45, 2.75) is 13.0 Å². The minimum absolute atomic E-state index is 0.340. The number of nitrogens with two attached hydrogens (primary N) is 1. The molecule has 0 aliphatic heterocycles. The first-order valence-corrected chi connectivity index (χ1v) is 7.81. The number of benzene rings is 2. The average molecular weight is 324 g/mol. The van der Waals surface area contributed by atoms with Crippen LogP contribution in [0.4, 0.5) is 0 Å². The molecule has 2 aromatic carbocycles. The zero-order chi connectivity index (χ0) is 16.9. The first kappa shape index (κ1) is 16.1. The second kappa shape index (κ2) is 7.19. The number of carbonyl (C=O) groups is 1. The van der Waals surface area contributed by atoms with Crippen LogP contribution in [0.1, 0.15) is 21.5 Å². The quantitative estimate of drug-likeness (QED) is 0.683. The molecule has 0 unspecified atom stereocenters. The van der Waals surface area contributed by atoms with Crippen LogP contribution >= 0.6 is 0 Å². The Kier molecular flexibility index (Phi) is 4.82. The van der Waals surface area contributed by atoms with Gasteiger partial charge in [-0.1, -0.05) is 12.1 Å². The number of aromatic amines is 1. The molecule has 0 aliphatic carbocycles. The van der Waals surface area contributed by atoms with Crippen molar-refractivity contribution in [1.29, 1.82) is 0 Å². The summed E-state index contributed by atoms with van der Waals surface area (Å²) < 4.78 is 10.6. The Morgan fingerprint density at radius 3 is 2.67 bits per heavy atom. The fourth-order valence-electron chi connectivity index (χ4n) is 2.63. The average Bonchev–Trinajstić information content (AvgIpc) is 3.02. The molecule has 0 atom stereocenters. The Balaban J connectivity index is 1.71. The molecular formula is C19H20N2O3. The van der Waals surface area contributed by atoms with Crippen molar-refractivity contribution in [1.82, 2.24) is 4.98 Å². The minimum atomic E-state index is -0.340. The van der Waals surface area contributed by atoms with E-state index in [1.54, 1.807) is 12.1 Å². The number of ether oxygens (including phenoxy) is 2. The number of carbonyl (C=O) groups excluding carboxylic acids is 1. The van der Waals surface area contributed by atoms with E-state index in [1.807, 2.05) is 36.5 Å². The number of rotatable bonds is 6. The molecule has 0 saturated heterocycles. The number of esters is 1. The van der Waals surface area contributed by atoms with Gasteiger partial charge in [-0.15, -0.1) is 0 Å². The lowest BCUT2D eigenvalue weighted by Crippen LogP contribution is -2.02. The van der Waals surface area contributed by atoms with Gasteiger partial charge in [-0.3, -0.25) is 0 Å². The van der Waals surface area contributed by atoms with Gasteiger partial charge < -0.3 is 20.2 Å². The highest BCUT2D eigenvalue weighted by molar-refractivity contribution is 5.89. The number of aromatic nitrogens is 1. The molecule has 124 valence electrons. The molecule has 0 amide bonds. The molecule has 24 heavy (non-hydrogen) atoms. The van der Waals surface area contributed by atoms with Crippen molar-refractivity contribution in [3.63, 3.8) is 0 Å². The first-order chi connectivity index (χ1) is 11.7. The van der Waals surface area contributed by atoms with Crippen LogP contribution in [0.2, 0.25) is 0 Å². The van der Waals surface area contributed by atoms with Crippen molar-refractivity contribution in [2.75, 3.05) is 13.7 Å². The number of nitrogens with one attached hydrogen (secondary N) is 1. The van der Waals surface area contributed by atoms with E-state index in [2.05, 4.69) is 9.72 Å². The molecule has 1 heterocycles. The third kappa shape index (κ3) is 3.41. The highest BCUT2D eigenvalue weighted by atomic mass is 16.5. The summed E-state index contributed by atoms with van der Waals surface area (Å²) in [6.07, 6.45) is 2.82. The highest BCUT2D eigenvalue weighted by Gasteiger charge is 2.06. The summed E-state index contributed by atoms with van der Waals surface area (Å²) in [6, 6.07) is 13.2. The maximum absolute atomic E-state index is 11.4. The van der Waals surface area contributed by atoms with E-state index in [9.17, 15) is 4.79 Å². The molecule has 1 aromatic heterocycles. The van der Waals surface area contributed by atoms with Gasteiger partial charge in [-0.05, 0) is 54.4 Å². The van der Waals surface area contributed by atoms with Gasteiger partial charge >= 0.3 is 5.97 Å². The van der Waals surface area contributed by atoms with Crippen molar-refractivity contribution in [2.24, 2.45) is 5.73 Å². The molecular weight excluding hydrogens is 304 g/mol. The Labute approximate surface area is 140 Å². The van der Waals surface area contributed by atoms with Crippen molar-refractivity contribution in [3.05, 3.63) is 65.4 Å². The zero-order valence-electron chi connectivity index (χ0n) is 13.5. The van der Waals surface area contributed by atoms with E-state index >= 15 is 0 Å². The monoisotopic (exact) mass is 324 g/mol. The second-order valence-electron chi connectivity index (χ2n) is 5.54. The molecule has 0 aliphatic rings. The molecule has 5 heteroatoms. The summed E-state index contributed by atoms with van der Waals surface area (Å²) >= 11 is 0. The summed E-state index contributed by atoms with van der Waals surface area (Å²) in [5.74, 6) is 0.463. The summed E-state index contributed by atoms with van der Waals surface area (Å²) in [5.41, 5.74) is 9.44. The van der Waals surface area contributed by atoms with Crippen LogP contribution in [0.3, 0.4) is 0 Å². The molecule has 3 rings (SSSR count). The van der Waals surface area contributed by atoms with Gasteiger partial charge in [0.1, 0.15) is 12.4 Å². The van der Waals surface area contributed by atoms with E-state index in [0.717, 1.165) is 28.6 Å². The molecule has 0 radical (unpaired) electrons. The van der Waals surface area contributed by atoms with E-state index in [0.29, 0.717) is 18.7 Å². The van der Waals surface area contributed by atoms with Gasteiger partial charge in [-0.25, -0.2) is 4.79 Å². The molecule has 3 N–H and O–H groups in total. The Bertz CT molecular complexity index is 837. The highest BCUT2D eigenvalue weighted by Crippen LogP contribution is 2.24. The fourth-order valence-corrected chi connectivity index (χ4v) is 2.63. The summed E-state index contributed by atoms with van der Waals surface area (Å²) in [4.78, 5) is 14.7. The lowest BCUT2D eigenvalue weighted by atomic mass is 10.1. The smallest absolute Gasteiger partial charge is 0.337 e. The van der Waals surface area contributed by atoms with Crippen LogP contribution < -0.4 is 10.5 Å². The number of methoxy groups -OCH3 is 1. The molecule has 5 nitrogen and oxygen atoms in total. The number of H-pyrrole nitrogens is 1. The van der Waals surface area contributed by atoms with Gasteiger partial charge in [0, 0.05) is 17.1 Å². The normalized spacial score (nSPS) is 10.8. The van der Waals surface area contributed by atoms with Crippen LogP contribution in [0.15, 0.2) is 48.7 Å². The summed E-state index contributed by atoms with van der Waals surface area (Å²) in [6.45, 7) is 1.05. The molecule has 0 fully saturated rings. The minimum Gasteiger partial charge on any atom is -0.489 e. The first-order valence-electron chi connectivity index (χ1n) is 7.81. The lowest BCUT2D eigenvalue weighted by molar-refractivity contribution is 0.0600. The third-order valence-corrected chi connectivity index (χ3v) is 3.93. The number of hydrogen-bond acceptors (Lipinski definition) is 4. The van der Waals surface area contributed by atoms with Crippen LogP contribution in [-0.4, -0.2) is 24.6 Å². The maximum atomic E-state index is 11.4. The molecule has 0 spiro atoms. The molecule has 0 saturated carbocycles.